The van der Waals surface area contributed by atoms with Crippen molar-refractivity contribution in [3.8, 4) is 11.3 Å². The van der Waals surface area contributed by atoms with Crippen molar-refractivity contribution < 1.29 is 9.53 Å². The van der Waals surface area contributed by atoms with Crippen LogP contribution in [0.1, 0.15) is 25.1 Å². The highest BCUT2D eigenvalue weighted by molar-refractivity contribution is 5.92. The molecule has 1 aromatic carbocycles. The number of aryl methyl sites for hydroxylation is 1. The average molecular weight is 346 g/mol. The Kier molecular flexibility index (Phi) is 5.03. The number of ketones is 1. The van der Waals surface area contributed by atoms with E-state index < -0.39 is 0 Å². The van der Waals surface area contributed by atoms with E-state index in [1.807, 2.05) is 34.8 Å². The van der Waals surface area contributed by atoms with E-state index in [-0.39, 0.29) is 5.78 Å². The molecule has 0 amide bonds. The largest absolute Gasteiger partial charge is 0.469 e. The summed E-state index contributed by atoms with van der Waals surface area (Å²) in [5.41, 5.74) is 5.73. The molecule has 2 aromatic heterocycles. The summed E-state index contributed by atoms with van der Waals surface area (Å²) in [5.74, 6) is 0.546. The number of allylic oxidation sites excluding steroid dienone is 2. The summed E-state index contributed by atoms with van der Waals surface area (Å²) in [5, 5.41) is 4.75. The molecule has 3 rings (SSSR count). The maximum atomic E-state index is 11.3. The topological polar surface area (TPSA) is 43.6 Å². The third kappa shape index (κ3) is 3.91. The van der Waals surface area contributed by atoms with E-state index in [0.717, 1.165) is 28.0 Å². The first kappa shape index (κ1) is 17.7. The van der Waals surface area contributed by atoms with E-state index >= 15 is 0 Å². The zero-order chi connectivity index (χ0) is 18.7. The lowest BCUT2D eigenvalue weighted by molar-refractivity contribution is -0.113. The normalized spacial score (nSPS) is 11.6. The van der Waals surface area contributed by atoms with Gasteiger partial charge in [0.25, 0.3) is 0 Å². The van der Waals surface area contributed by atoms with Crippen molar-refractivity contribution in [2.24, 2.45) is 0 Å². The van der Waals surface area contributed by atoms with Crippen LogP contribution in [0.2, 0.25) is 0 Å². The van der Waals surface area contributed by atoms with Gasteiger partial charge in [-0.05, 0) is 44.5 Å². The molecule has 0 fully saturated rings. The molecule has 0 radical (unpaired) electrons. The minimum Gasteiger partial charge on any atom is -0.469 e. The van der Waals surface area contributed by atoms with E-state index in [9.17, 15) is 4.79 Å². The van der Waals surface area contributed by atoms with Crippen molar-refractivity contribution in [2.45, 2.75) is 27.2 Å². The molecule has 0 unspecified atom stereocenters. The number of pyridine rings is 1. The fourth-order valence-electron chi connectivity index (χ4n) is 2.70. The molecule has 4 nitrogen and oxygen atoms in total. The quantitative estimate of drug-likeness (QED) is 0.472. The Hall–Kier alpha value is -3.14. The number of hydrogen-bond acceptors (Lipinski definition) is 3. The van der Waals surface area contributed by atoms with E-state index in [4.69, 9.17) is 9.84 Å². The number of rotatable bonds is 6. The van der Waals surface area contributed by atoms with Crippen LogP contribution in [0.15, 0.2) is 72.7 Å². The lowest BCUT2D eigenvalue weighted by Crippen LogP contribution is -2.02. The van der Waals surface area contributed by atoms with E-state index in [1.54, 1.807) is 6.92 Å². The standard InChI is InChI=1S/C22H22N2O2/c1-15-10-20(12-17(3)26-14-16(2)18(4)25)24-21(11-15)13-22(23-24)19-8-6-5-7-9-19/h5-11,13-14H,3,12H2,1-2,4H3/b16-14+. The van der Waals surface area contributed by atoms with E-state index in [1.165, 1.54) is 13.2 Å². The molecule has 4 heteroatoms. The Morgan fingerprint density at radius 2 is 1.92 bits per heavy atom. The second-order valence-electron chi connectivity index (χ2n) is 6.45. The molecule has 0 saturated carbocycles. The highest BCUT2D eigenvalue weighted by atomic mass is 16.5. The van der Waals surface area contributed by atoms with Crippen LogP contribution in [0.4, 0.5) is 0 Å². The molecule has 0 bridgehead atoms. The first-order valence-corrected chi connectivity index (χ1v) is 8.51. The molecule has 132 valence electrons. The fourth-order valence-corrected chi connectivity index (χ4v) is 2.70. The number of ether oxygens (including phenoxy) is 1. The SMILES string of the molecule is C=C(Cc1cc(C)cc2cc(-c3ccccc3)nn12)O/C=C(\C)C(C)=O. The Labute approximate surface area is 153 Å². The molecular weight excluding hydrogens is 324 g/mol. The van der Waals surface area contributed by atoms with Crippen molar-refractivity contribution in [3.05, 3.63) is 84.0 Å². The Morgan fingerprint density at radius 3 is 2.62 bits per heavy atom. The van der Waals surface area contributed by atoms with Crippen molar-refractivity contribution in [2.75, 3.05) is 0 Å². The number of hydrogen-bond donors (Lipinski definition) is 0. The summed E-state index contributed by atoms with van der Waals surface area (Å²) in [6.07, 6.45) is 1.96. The number of benzene rings is 1. The van der Waals surface area contributed by atoms with Gasteiger partial charge in [0.1, 0.15) is 5.76 Å². The van der Waals surface area contributed by atoms with Gasteiger partial charge in [-0.15, -0.1) is 0 Å². The second kappa shape index (κ2) is 7.40. The summed E-state index contributed by atoms with van der Waals surface area (Å²) < 4.78 is 7.45. The van der Waals surface area contributed by atoms with Gasteiger partial charge in [-0.1, -0.05) is 36.9 Å². The Balaban J connectivity index is 1.91. The molecule has 0 aliphatic rings. The van der Waals surface area contributed by atoms with Crippen LogP contribution < -0.4 is 0 Å². The molecule has 0 spiro atoms. The zero-order valence-corrected chi connectivity index (χ0v) is 15.3. The highest BCUT2D eigenvalue weighted by Crippen LogP contribution is 2.22. The molecule has 2 heterocycles. The summed E-state index contributed by atoms with van der Waals surface area (Å²) in [7, 11) is 0. The summed E-state index contributed by atoms with van der Waals surface area (Å²) in [6, 6.07) is 16.4. The lowest BCUT2D eigenvalue weighted by atomic mass is 10.1. The van der Waals surface area contributed by atoms with Crippen molar-refractivity contribution in [3.63, 3.8) is 0 Å². The number of nitrogens with zero attached hydrogens (tertiary/aromatic N) is 2. The fraction of sp³-hybridized carbons (Fsp3) is 0.182. The molecular formula is C22H22N2O2. The van der Waals surface area contributed by atoms with Gasteiger partial charge in [0.05, 0.1) is 23.2 Å². The average Bonchev–Trinajstić information content (AvgIpc) is 3.04. The number of Topliss-reactive ketones (excluding diaryl/α,β-unsaturated/α-hetero) is 1. The smallest absolute Gasteiger partial charge is 0.158 e. The third-order valence-electron chi connectivity index (χ3n) is 4.18. The molecule has 0 saturated heterocycles. The first-order valence-electron chi connectivity index (χ1n) is 8.51. The Morgan fingerprint density at radius 1 is 1.19 bits per heavy atom. The first-order chi connectivity index (χ1) is 12.4. The number of carbonyl (C=O) groups excluding carboxylic acids is 1. The van der Waals surface area contributed by atoms with Gasteiger partial charge in [-0.3, -0.25) is 4.79 Å². The minimum absolute atomic E-state index is 0.0182. The van der Waals surface area contributed by atoms with Crippen LogP contribution >= 0.6 is 0 Å². The van der Waals surface area contributed by atoms with Crippen molar-refractivity contribution >= 4 is 11.3 Å². The van der Waals surface area contributed by atoms with Crippen molar-refractivity contribution in [1.82, 2.24) is 9.61 Å². The van der Waals surface area contributed by atoms with Crippen molar-refractivity contribution in [1.29, 1.82) is 0 Å². The van der Waals surface area contributed by atoms with Gasteiger partial charge in [0.15, 0.2) is 5.78 Å². The zero-order valence-electron chi connectivity index (χ0n) is 15.3. The number of carbonyl (C=O) groups is 1. The Bertz CT molecular complexity index is 998. The summed E-state index contributed by atoms with van der Waals surface area (Å²) >= 11 is 0. The lowest BCUT2D eigenvalue weighted by Gasteiger charge is -2.09. The molecule has 0 N–H and O–H groups in total. The molecule has 26 heavy (non-hydrogen) atoms. The van der Waals surface area contributed by atoms with Crippen LogP contribution in [0.3, 0.4) is 0 Å². The van der Waals surface area contributed by atoms with Gasteiger partial charge in [-0.2, -0.15) is 5.10 Å². The van der Waals surface area contributed by atoms with Gasteiger partial charge < -0.3 is 4.74 Å². The maximum absolute atomic E-state index is 11.3. The maximum Gasteiger partial charge on any atom is 0.158 e. The minimum atomic E-state index is -0.0182. The van der Waals surface area contributed by atoms with Crippen LogP contribution in [0, 0.1) is 6.92 Å². The summed E-state index contributed by atoms with van der Waals surface area (Å²) in [4.78, 5) is 11.3. The molecule has 0 atom stereocenters. The highest BCUT2D eigenvalue weighted by Gasteiger charge is 2.10. The van der Waals surface area contributed by atoms with Gasteiger partial charge in [0, 0.05) is 17.6 Å². The van der Waals surface area contributed by atoms with Gasteiger partial charge in [-0.25, -0.2) is 4.52 Å². The second-order valence-corrected chi connectivity index (χ2v) is 6.45. The predicted molar refractivity (Wildman–Crippen MR) is 104 cm³/mol. The monoisotopic (exact) mass is 346 g/mol. The predicted octanol–water partition coefficient (Wildman–Crippen LogP) is 4.88. The van der Waals surface area contributed by atoms with Crippen LogP contribution in [0.5, 0.6) is 0 Å². The van der Waals surface area contributed by atoms with Crippen LogP contribution in [-0.4, -0.2) is 15.4 Å². The molecule has 0 aliphatic carbocycles. The van der Waals surface area contributed by atoms with Gasteiger partial charge in [0.2, 0.25) is 0 Å². The molecule has 3 aromatic rings. The molecule has 0 aliphatic heterocycles. The van der Waals surface area contributed by atoms with Crippen LogP contribution in [-0.2, 0) is 16.0 Å². The number of aromatic nitrogens is 2. The number of fused-ring (bicyclic) bond motifs is 1. The van der Waals surface area contributed by atoms with Crippen LogP contribution in [0.25, 0.3) is 16.8 Å². The van der Waals surface area contributed by atoms with E-state index in [2.05, 4.69) is 31.7 Å². The van der Waals surface area contributed by atoms with E-state index in [0.29, 0.717) is 17.8 Å². The summed E-state index contributed by atoms with van der Waals surface area (Å²) in [6.45, 7) is 9.25. The van der Waals surface area contributed by atoms with Gasteiger partial charge >= 0.3 is 0 Å². The third-order valence-corrected chi connectivity index (χ3v) is 4.18.